The van der Waals surface area contributed by atoms with Crippen LogP contribution in [0.15, 0.2) is 85.1 Å². The quantitative estimate of drug-likeness (QED) is 0.359. The average Bonchev–Trinajstić information content (AvgIpc) is 2.88. The van der Waals surface area contributed by atoms with Gasteiger partial charge in [0, 0.05) is 22.7 Å². The van der Waals surface area contributed by atoms with E-state index in [0.29, 0.717) is 22.8 Å². The molecule has 0 amide bonds. The van der Waals surface area contributed by atoms with Crippen molar-refractivity contribution in [2.24, 2.45) is 0 Å². The van der Waals surface area contributed by atoms with Crippen LogP contribution in [0.1, 0.15) is 25.2 Å². The van der Waals surface area contributed by atoms with Crippen molar-refractivity contribution in [1.82, 2.24) is 19.9 Å². The van der Waals surface area contributed by atoms with Gasteiger partial charge in [0.15, 0.2) is 5.82 Å². The van der Waals surface area contributed by atoms with E-state index in [1.807, 2.05) is 72.8 Å². The van der Waals surface area contributed by atoms with Crippen LogP contribution < -0.4 is 10.5 Å². The summed E-state index contributed by atoms with van der Waals surface area (Å²) in [4.78, 5) is 18.4. The lowest BCUT2D eigenvalue weighted by Crippen LogP contribution is -2.18. The average molecular weight is 464 g/mol. The molecule has 174 valence electrons. The molecule has 0 aliphatic heterocycles. The Hall–Kier alpha value is -4.36. The summed E-state index contributed by atoms with van der Waals surface area (Å²) < 4.78 is 5.98. The Bertz CT molecular complexity index is 1500. The van der Waals surface area contributed by atoms with E-state index in [4.69, 9.17) is 15.5 Å². The molecule has 0 saturated heterocycles. The first kappa shape index (κ1) is 22.4. The summed E-state index contributed by atoms with van der Waals surface area (Å²) in [5.74, 6) is 0.412. The lowest BCUT2D eigenvalue weighted by Gasteiger charge is -2.17. The molecule has 7 nitrogen and oxygen atoms in total. The molecule has 3 N–H and O–H groups in total. The van der Waals surface area contributed by atoms with E-state index in [1.54, 1.807) is 26.1 Å². The number of hydrogen-bond acceptors (Lipinski definition) is 7. The molecule has 5 aromatic rings. The molecule has 5 rings (SSSR count). The Morgan fingerprint density at radius 3 is 2.43 bits per heavy atom. The number of aliphatic hydroxyl groups is 1. The number of nitrogens with zero attached hydrogens (tertiary/aromatic N) is 4. The third-order valence-corrected chi connectivity index (χ3v) is 5.60. The van der Waals surface area contributed by atoms with E-state index >= 15 is 0 Å². The second-order valence-corrected chi connectivity index (χ2v) is 8.75. The summed E-state index contributed by atoms with van der Waals surface area (Å²) >= 11 is 0. The van der Waals surface area contributed by atoms with E-state index in [2.05, 4.69) is 15.0 Å². The Balaban J connectivity index is 1.56. The van der Waals surface area contributed by atoms with Gasteiger partial charge in [0.2, 0.25) is 0 Å². The van der Waals surface area contributed by atoms with Crippen molar-refractivity contribution in [3.05, 3.63) is 96.4 Å². The maximum atomic E-state index is 10.3. The molecule has 0 aliphatic carbocycles. The zero-order valence-electron chi connectivity index (χ0n) is 19.5. The van der Waals surface area contributed by atoms with Crippen LogP contribution in [0.5, 0.6) is 5.88 Å². The number of nitrogens with two attached hydrogens (primary N) is 1. The standard InChI is InChI=1S/C28H25N5O2/c1-28(2,34)23-12-6-11-21(31-23)17-35-27-26(29)32-24(18-8-4-3-5-9-18)25(33-27)20-13-14-22-19(16-20)10-7-15-30-22/h3-16,34H,17H2,1-2H3,(H2,29,32). The molecular weight excluding hydrogens is 438 g/mol. The van der Waals surface area contributed by atoms with Gasteiger partial charge in [0.25, 0.3) is 5.88 Å². The fraction of sp³-hybridized carbons (Fsp3) is 0.143. The second-order valence-electron chi connectivity index (χ2n) is 8.75. The molecule has 0 bridgehead atoms. The van der Waals surface area contributed by atoms with E-state index in [0.717, 1.165) is 22.0 Å². The minimum absolute atomic E-state index is 0.133. The van der Waals surface area contributed by atoms with Crippen molar-refractivity contribution in [2.75, 3.05) is 5.73 Å². The minimum atomic E-state index is -1.05. The highest BCUT2D eigenvalue weighted by molar-refractivity contribution is 5.87. The zero-order valence-corrected chi connectivity index (χ0v) is 19.5. The Morgan fingerprint density at radius 2 is 1.63 bits per heavy atom. The molecule has 35 heavy (non-hydrogen) atoms. The van der Waals surface area contributed by atoms with Crippen molar-refractivity contribution in [3.8, 4) is 28.4 Å². The molecule has 0 atom stereocenters. The molecule has 0 aliphatic rings. The van der Waals surface area contributed by atoms with Crippen LogP contribution in [-0.4, -0.2) is 25.0 Å². The summed E-state index contributed by atoms with van der Waals surface area (Å²) in [7, 11) is 0. The lowest BCUT2D eigenvalue weighted by molar-refractivity contribution is 0.0734. The maximum Gasteiger partial charge on any atom is 0.258 e. The van der Waals surface area contributed by atoms with Crippen LogP contribution in [0.4, 0.5) is 5.82 Å². The number of anilines is 1. The monoisotopic (exact) mass is 463 g/mol. The highest BCUT2D eigenvalue weighted by atomic mass is 16.5. The first-order valence-corrected chi connectivity index (χ1v) is 11.3. The van der Waals surface area contributed by atoms with Gasteiger partial charge in [0.1, 0.15) is 17.9 Å². The molecule has 2 aromatic carbocycles. The molecule has 0 radical (unpaired) electrons. The molecule has 3 aromatic heterocycles. The van der Waals surface area contributed by atoms with Gasteiger partial charge in [-0.1, -0.05) is 48.5 Å². The van der Waals surface area contributed by atoms with Gasteiger partial charge in [-0.3, -0.25) is 9.97 Å². The number of pyridine rings is 2. The third kappa shape index (κ3) is 4.81. The van der Waals surface area contributed by atoms with Crippen molar-refractivity contribution in [3.63, 3.8) is 0 Å². The van der Waals surface area contributed by atoms with Crippen LogP contribution in [0.3, 0.4) is 0 Å². The Labute approximate surface area is 203 Å². The predicted molar refractivity (Wildman–Crippen MR) is 136 cm³/mol. The van der Waals surface area contributed by atoms with Gasteiger partial charge in [-0.25, -0.2) is 9.97 Å². The van der Waals surface area contributed by atoms with E-state index in [1.165, 1.54) is 0 Å². The molecule has 3 heterocycles. The normalized spacial score (nSPS) is 11.5. The molecule has 0 spiro atoms. The largest absolute Gasteiger partial charge is 0.469 e. The zero-order chi connectivity index (χ0) is 24.4. The van der Waals surface area contributed by atoms with Crippen LogP contribution in [-0.2, 0) is 12.2 Å². The van der Waals surface area contributed by atoms with E-state index in [-0.39, 0.29) is 18.3 Å². The van der Waals surface area contributed by atoms with Gasteiger partial charge in [-0.2, -0.15) is 0 Å². The van der Waals surface area contributed by atoms with Crippen molar-refractivity contribution >= 4 is 16.7 Å². The predicted octanol–water partition coefficient (Wildman–Crippen LogP) is 5.14. The number of ether oxygens (including phenoxy) is 1. The highest BCUT2D eigenvalue weighted by Crippen LogP contribution is 2.34. The summed E-state index contributed by atoms with van der Waals surface area (Å²) in [6.07, 6.45) is 1.77. The number of fused-ring (bicyclic) bond motifs is 1. The third-order valence-electron chi connectivity index (χ3n) is 5.60. The van der Waals surface area contributed by atoms with Crippen molar-refractivity contribution < 1.29 is 9.84 Å². The number of benzene rings is 2. The molecule has 7 heteroatoms. The number of aromatic nitrogens is 4. The van der Waals surface area contributed by atoms with Crippen LogP contribution >= 0.6 is 0 Å². The van der Waals surface area contributed by atoms with Crippen LogP contribution in [0.25, 0.3) is 33.4 Å². The second kappa shape index (κ2) is 9.12. The van der Waals surface area contributed by atoms with E-state index < -0.39 is 5.60 Å². The highest BCUT2D eigenvalue weighted by Gasteiger charge is 2.19. The fourth-order valence-electron chi connectivity index (χ4n) is 3.80. The van der Waals surface area contributed by atoms with Crippen LogP contribution in [0, 0.1) is 0 Å². The Morgan fingerprint density at radius 1 is 0.829 bits per heavy atom. The topological polar surface area (TPSA) is 107 Å². The minimum Gasteiger partial charge on any atom is -0.469 e. The lowest BCUT2D eigenvalue weighted by atomic mass is 10.0. The number of nitrogen functional groups attached to an aromatic ring is 1. The summed E-state index contributed by atoms with van der Waals surface area (Å²) in [5, 5.41) is 11.3. The molecule has 0 unspecified atom stereocenters. The van der Waals surface area contributed by atoms with Gasteiger partial charge in [-0.05, 0) is 44.2 Å². The summed E-state index contributed by atoms with van der Waals surface area (Å²) in [6, 6.07) is 25.1. The molecule has 0 fully saturated rings. The summed E-state index contributed by atoms with van der Waals surface area (Å²) in [6.45, 7) is 3.52. The first-order valence-electron chi connectivity index (χ1n) is 11.3. The van der Waals surface area contributed by atoms with Crippen molar-refractivity contribution in [1.29, 1.82) is 0 Å². The Kier molecular flexibility index (Phi) is 5.84. The number of rotatable bonds is 6. The molecule has 0 saturated carbocycles. The van der Waals surface area contributed by atoms with Gasteiger partial charge < -0.3 is 15.6 Å². The van der Waals surface area contributed by atoms with Crippen molar-refractivity contribution in [2.45, 2.75) is 26.1 Å². The first-order chi connectivity index (χ1) is 16.9. The van der Waals surface area contributed by atoms with E-state index in [9.17, 15) is 5.11 Å². The van der Waals surface area contributed by atoms with Gasteiger partial charge in [0.05, 0.1) is 22.6 Å². The van der Waals surface area contributed by atoms with Crippen LogP contribution in [0.2, 0.25) is 0 Å². The fourth-order valence-corrected chi connectivity index (χ4v) is 3.80. The summed E-state index contributed by atoms with van der Waals surface area (Å²) in [5.41, 5.74) is 10.4. The SMILES string of the molecule is CC(C)(O)c1cccc(COc2nc(-c3ccc4ncccc4c3)c(-c3ccccc3)nc2N)n1. The van der Waals surface area contributed by atoms with Gasteiger partial charge >= 0.3 is 0 Å². The number of hydrogen-bond donors (Lipinski definition) is 2. The molecular formula is C28H25N5O2. The maximum absolute atomic E-state index is 10.3. The smallest absolute Gasteiger partial charge is 0.258 e. The van der Waals surface area contributed by atoms with Gasteiger partial charge in [-0.15, -0.1) is 0 Å².